The molecule has 4 rings (SSSR count). The van der Waals surface area contributed by atoms with E-state index in [9.17, 15) is 9.59 Å². The summed E-state index contributed by atoms with van der Waals surface area (Å²) in [6, 6.07) is 1.94. The number of nitrogens with zero attached hydrogens (tertiary/aromatic N) is 5. The van der Waals surface area contributed by atoms with E-state index in [1.807, 2.05) is 10.7 Å². The fourth-order valence-electron chi connectivity index (χ4n) is 3.93. The van der Waals surface area contributed by atoms with Gasteiger partial charge in [0.05, 0.1) is 0 Å². The van der Waals surface area contributed by atoms with Gasteiger partial charge in [-0.25, -0.2) is 9.48 Å². The standard InChI is InChI=1S/C19H28N6O2/c1-13(2)7-11-25-19(27)23-10-8-14(5-6-17(23)22-25)20-18(26)16-12-15-4-3-9-24(15)21-16/h12-14H,3-11H2,1-2H3,(H,20,26). The largest absolute Gasteiger partial charge is 0.348 e. The third-order valence-corrected chi connectivity index (χ3v) is 5.57. The quantitative estimate of drug-likeness (QED) is 0.859. The van der Waals surface area contributed by atoms with Gasteiger partial charge < -0.3 is 5.32 Å². The number of nitrogens with one attached hydrogen (secondary N) is 1. The van der Waals surface area contributed by atoms with E-state index in [-0.39, 0.29) is 17.6 Å². The maximum atomic E-state index is 12.6. The summed E-state index contributed by atoms with van der Waals surface area (Å²) in [7, 11) is 0. The van der Waals surface area contributed by atoms with Gasteiger partial charge in [0, 0.05) is 37.8 Å². The second-order valence-corrected chi connectivity index (χ2v) is 8.10. The van der Waals surface area contributed by atoms with Crippen LogP contribution < -0.4 is 11.0 Å². The molecule has 8 nitrogen and oxygen atoms in total. The molecule has 0 saturated carbocycles. The highest BCUT2D eigenvalue weighted by atomic mass is 16.2. The Bertz CT molecular complexity index is 869. The Balaban J connectivity index is 1.38. The molecule has 1 unspecified atom stereocenters. The zero-order chi connectivity index (χ0) is 19.0. The zero-order valence-electron chi connectivity index (χ0n) is 16.1. The Hall–Kier alpha value is -2.38. The minimum Gasteiger partial charge on any atom is -0.348 e. The van der Waals surface area contributed by atoms with E-state index in [2.05, 4.69) is 29.4 Å². The first-order valence-electron chi connectivity index (χ1n) is 10.1. The van der Waals surface area contributed by atoms with E-state index in [1.165, 1.54) is 0 Å². The Morgan fingerprint density at radius 1 is 1.26 bits per heavy atom. The average molecular weight is 372 g/mol. The lowest BCUT2D eigenvalue weighted by atomic mass is 10.1. The summed E-state index contributed by atoms with van der Waals surface area (Å²) in [5.74, 6) is 1.26. The van der Waals surface area contributed by atoms with E-state index < -0.39 is 0 Å². The van der Waals surface area contributed by atoms with E-state index in [1.54, 1.807) is 9.25 Å². The second kappa shape index (κ2) is 7.32. The van der Waals surface area contributed by atoms with Crippen molar-refractivity contribution in [3.63, 3.8) is 0 Å². The molecule has 1 amide bonds. The lowest BCUT2D eigenvalue weighted by Crippen LogP contribution is -2.36. The predicted octanol–water partition coefficient (Wildman–Crippen LogP) is 1.37. The average Bonchev–Trinajstić information content (AvgIpc) is 3.26. The summed E-state index contributed by atoms with van der Waals surface area (Å²) in [6.45, 7) is 6.46. The SMILES string of the molecule is CC(C)CCn1nc2n(c1=O)CCC(NC(=O)c1cc3n(n1)CCC3)CC2. The first-order valence-corrected chi connectivity index (χ1v) is 10.1. The number of amides is 1. The summed E-state index contributed by atoms with van der Waals surface area (Å²) in [5, 5.41) is 12.0. The first-order chi connectivity index (χ1) is 13.0. The summed E-state index contributed by atoms with van der Waals surface area (Å²) in [4.78, 5) is 25.1. The van der Waals surface area contributed by atoms with Crippen LogP contribution in [0.3, 0.4) is 0 Å². The molecule has 0 bridgehead atoms. The molecule has 2 aromatic heterocycles. The minimum absolute atomic E-state index is 0.0249. The van der Waals surface area contributed by atoms with E-state index >= 15 is 0 Å². The number of carbonyl (C=O) groups is 1. The Morgan fingerprint density at radius 2 is 2.11 bits per heavy atom. The van der Waals surface area contributed by atoms with Gasteiger partial charge >= 0.3 is 5.69 Å². The smallest absolute Gasteiger partial charge is 0.345 e. The van der Waals surface area contributed by atoms with Crippen LogP contribution in [0, 0.1) is 5.92 Å². The van der Waals surface area contributed by atoms with Gasteiger partial charge in [0.15, 0.2) is 0 Å². The fraction of sp³-hybridized carbons (Fsp3) is 0.684. The topological polar surface area (TPSA) is 86.7 Å². The molecule has 0 saturated heterocycles. The van der Waals surface area contributed by atoms with Gasteiger partial charge in [-0.2, -0.15) is 10.2 Å². The molecule has 0 spiro atoms. The Labute approximate surface area is 158 Å². The van der Waals surface area contributed by atoms with Crippen LogP contribution in [0.1, 0.15) is 61.5 Å². The zero-order valence-corrected chi connectivity index (χ0v) is 16.1. The monoisotopic (exact) mass is 372 g/mol. The summed E-state index contributed by atoms with van der Waals surface area (Å²) >= 11 is 0. The Morgan fingerprint density at radius 3 is 2.89 bits per heavy atom. The first kappa shape index (κ1) is 18.0. The summed E-state index contributed by atoms with van der Waals surface area (Å²) < 4.78 is 5.30. The van der Waals surface area contributed by atoms with Gasteiger partial charge in [0.25, 0.3) is 5.91 Å². The minimum atomic E-state index is -0.115. The van der Waals surface area contributed by atoms with Gasteiger partial charge in [0.1, 0.15) is 11.5 Å². The fourth-order valence-corrected chi connectivity index (χ4v) is 3.93. The van der Waals surface area contributed by atoms with Crippen LogP contribution >= 0.6 is 0 Å². The third-order valence-electron chi connectivity index (χ3n) is 5.57. The molecule has 0 aliphatic carbocycles. The predicted molar refractivity (Wildman–Crippen MR) is 101 cm³/mol. The molecule has 1 atom stereocenters. The van der Waals surface area contributed by atoms with Crippen LogP contribution in [0.15, 0.2) is 10.9 Å². The van der Waals surface area contributed by atoms with Gasteiger partial charge in [-0.15, -0.1) is 0 Å². The molecular formula is C19H28N6O2. The number of rotatable bonds is 5. The normalized spacial score (nSPS) is 19.0. The maximum Gasteiger partial charge on any atom is 0.345 e. The number of aryl methyl sites for hydroxylation is 4. The lowest BCUT2D eigenvalue weighted by Gasteiger charge is -2.15. The van der Waals surface area contributed by atoms with Gasteiger partial charge in [-0.1, -0.05) is 13.8 Å². The molecule has 146 valence electrons. The van der Waals surface area contributed by atoms with Gasteiger partial charge in [0.2, 0.25) is 0 Å². The van der Waals surface area contributed by atoms with Crippen LogP contribution in [0.2, 0.25) is 0 Å². The summed E-state index contributed by atoms with van der Waals surface area (Å²) in [5.41, 5.74) is 1.62. The number of carbonyl (C=O) groups excluding carboxylic acids is 1. The molecule has 27 heavy (non-hydrogen) atoms. The third kappa shape index (κ3) is 3.70. The van der Waals surface area contributed by atoms with Crippen molar-refractivity contribution in [2.45, 2.75) is 78.0 Å². The van der Waals surface area contributed by atoms with Crippen molar-refractivity contribution in [1.29, 1.82) is 0 Å². The molecule has 0 fully saturated rings. The molecule has 0 aromatic carbocycles. The van der Waals surface area contributed by atoms with Crippen molar-refractivity contribution >= 4 is 5.91 Å². The van der Waals surface area contributed by atoms with Crippen molar-refractivity contribution in [1.82, 2.24) is 29.4 Å². The molecule has 0 radical (unpaired) electrons. The van der Waals surface area contributed by atoms with E-state index in [0.29, 0.717) is 31.1 Å². The van der Waals surface area contributed by atoms with Crippen molar-refractivity contribution in [2.75, 3.05) is 0 Å². The second-order valence-electron chi connectivity index (χ2n) is 8.10. The number of hydrogen-bond acceptors (Lipinski definition) is 4. The van der Waals surface area contributed by atoms with Gasteiger partial charge in [-0.05, 0) is 44.1 Å². The van der Waals surface area contributed by atoms with Gasteiger partial charge in [-0.3, -0.25) is 14.0 Å². The van der Waals surface area contributed by atoms with Crippen LogP contribution in [-0.4, -0.2) is 36.1 Å². The van der Waals surface area contributed by atoms with E-state index in [4.69, 9.17) is 0 Å². The van der Waals surface area contributed by atoms with Crippen molar-refractivity contribution < 1.29 is 4.79 Å². The Kier molecular flexibility index (Phi) is 4.88. The molecule has 8 heteroatoms. The van der Waals surface area contributed by atoms with Crippen LogP contribution in [-0.2, 0) is 32.5 Å². The molecule has 2 aliphatic heterocycles. The van der Waals surface area contributed by atoms with E-state index in [0.717, 1.165) is 50.2 Å². The van der Waals surface area contributed by atoms with Crippen LogP contribution in [0.4, 0.5) is 0 Å². The highest BCUT2D eigenvalue weighted by Crippen LogP contribution is 2.16. The molecule has 2 aliphatic rings. The molecule has 4 heterocycles. The number of aromatic nitrogens is 5. The van der Waals surface area contributed by atoms with Crippen molar-refractivity contribution in [2.24, 2.45) is 5.92 Å². The highest BCUT2D eigenvalue weighted by molar-refractivity contribution is 5.92. The van der Waals surface area contributed by atoms with Crippen molar-refractivity contribution in [3.8, 4) is 0 Å². The van der Waals surface area contributed by atoms with Crippen molar-refractivity contribution in [3.05, 3.63) is 33.8 Å². The molecule has 1 N–H and O–H groups in total. The van der Waals surface area contributed by atoms with Crippen LogP contribution in [0.25, 0.3) is 0 Å². The summed E-state index contributed by atoms with van der Waals surface area (Å²) in [6.07, 6.45) is 5.28. The lowest BCUT2D eigenvalue weighted by molar-refractivity contribution is 0.0927. The molecule has 2 aromatic rings. The number of fused-ring (bicyclic) bond motifs is 2. The number of hydrogen-bond donors (Lipinski definition) is 1. The molecular weight excluding hydrogens is 344 g/mol. The van der Waals surface area contributed by atoms with Crippen LogP contribution in [0.5, 0.6) is 0 Å². The highest BCUT2D eigenvalue weighted by Gasteiger charge is 2.24. The maximum absolute atomic E-state index is 12.6.